The number of amides is 1. The predicted molar refractivity (Wildman–Crippen MR) is 77.6 cm³/mol. The largest absolute Gasteiger partial charge is 0.497 e. The molecule has 1 amide bonds. The van der Waals surface area contributed by atoms with Crippen LogP contribution in [-0.4, -0.2) is 30.3 Å². The summed E-state index contributed by atoms with van der Waals surface area (Å²) >= 11 is 0. The molecule has 0 unspecified atom stereocenters. The second-order valence-corrected chi connectivity index (χ2v) is 5.43. The summed E-state index contributed by atoms with van der Waals surface area (Å²) in [7, 11) is 1.45. The summed E-state index contributed by atoms with van der Waals surface area (Å²) < 4.78 is 10.0. The fraction of sp³-hybridized carbons (Fsp3) is 0.500. The van der Waals surface area contributed by atoms with Gasteiger partial charge in [0.05, 0.1) is 18.1 Å². The number of ether oxygens (including phenoxy) is 2. The molecule has 116 valence electrons. The lowest BCUT2D eigenvalue weighted by atomic mass is 10.1. The normalized spacial score (nSPS) is 10.9. The predicted octanol–water partition coefficient (Wildman–Crippen LogP) is 2.67. The number of carbonyl (C=O) groups excluding carboxylic acids is 1. The van der Waals surface area contributed by atoms with Gasteiger partial charge in [-0.3, -0.25) is 10.1 Å². The van der Waals surface area contributed by atoms with Crippen molar-refractivity contribution in [3.8, 4) is 5.75 Å². The maximum atomic E-state index is 11.5. The van der Waals surface area contributed by atoms with Gasteiger partial charge in [0, 0.05) is 12.1 Å². The van der Waals surface area contributed by atoms with E-state index in [1.54, 1.807) is 32.9 Å². The standard InChI is InChI=1S/C14H20N2O5/c1-14(2,3)21-13(17)15-8-7-10-5-6-11(20-4)9-12(10)16(18)19/h5-6,9H,7-8H2,1-4H3,(H,15,17). The third-order valence-corrected chi connectivity index (χ3v) is 2.55. The Hall–Kier alpha value is -2.31. The average Bonchev–Trinajstić information content (AvgIpc) is 2.36. The number of nitrogens with zero attached hydrogens (tertiary/aromatic N) is 1. The fourth-order valence-corrected chi connectivity index (χ4v) is 1.67. The number of rotatable bonds is 5. The molecule has 1 aromatic carbocycles. The van der Waals surface area contributed by atoms with Crippen LogP contribution >= 0.6 is 0 Å². The van der Waals surface area contributed by atoms with Crippen LogP contribution in [0.5, 0.6) is 5.75 Å². The van der Waals surface area contributed by atoms with Gasteiger partial charge in [-0.25, -0.2) is 4.79 Å². The topological polar surface area (TPSA) is 90.7 Å². The number of nitro benzene ring substituents is 1. The highest BCUT2D eigenvalue weighted by molar-refractivity contribution is 5.67. The Bertz CT molecular complexity index is 523. The number of alkyl carbamates (subject to hydrolysis) is 1. The van der Waals surface area contributed by atoms with Gasteiger partial charge < -0.3 is 14.8 Å². The molecule has 7 nitrogen and oxygen atoms in total. The third kappa shape index (κ3) is 5.68. The minimum Gasteiger partial charge on any atom is -0.497 e. The van der Waals surface area contributed by atoms with Crippen molar-refractivity contribution in [3.05, 3.63) is 33.9 Å². The first-order valence-electron chi connectivity index (χ1n) is 6.51. The third-order valence-electron chi connectivity index (χ3n) is 2.55. The van der Waals surface area contributed by atoms with E-state index < -0.39 is 16.6 Å². The molecule has 0 heterocycles. The first-order valence-corrected chi connectivity index (χ1v) is 6.51. The van der Waals surface area contributed by atoms with Crippen molar-refractivity contribution < 1.29 is 19.2 Å². The van der Waals surface area contributed by atoms with Crippen molar-refractivity contribution >= 4 is 11.8 Å². The Labute approximate surface area is 123 Å². The molecule has 0 saturated carbocycles. The lowest BCUT2D eigenvalue weighted by Crippen LogP contribution is -2.33. The highest BCUT2D eigenvalue weighted by Gasteiger charge is 2.17. The molecule has 7 heteroatoms. The lowest BCUT2D eigenvalue weighted by Gasteiger charge is -2.19. The van der Waals surface area contributed by atoms with Crippen LogP contribution in [0, 0.1) is 10.1 Å². The van der Waals surface area contributed by atoms with Crippen molar-refractivity contribution in [1.82, 2.24) is 5.32 Å². The zero-order valence-corrected chi connectivity index (χ0v) is 12.6. The zero-order chi connectivity index (χ0) is 16.0. The van der Waals surface area contributed by atoms with Crippen LogP contribution < -0.4 is 10.1 Å². The molecule has 0 aliphatic heterocycles. The molecule has 0 aliphatic rings. The molecule has 0 aromatic heterocycles. The van der Waals surface area contributed by atoms with Crippen molar-refractivity contribution in [3.63, 3.8) is 0 Å². The zero-order valence-electron chi connectivity index (χ0n) is 12.6. The van der Waals surface area contributed by atoms with Gasteiger partial charge in [-0.1, -0.05) is 0 Å². The molecular formula is C14H20N2O5. The molecule has 0 atom stereocenters. The monoisotopic (exact) mass is 296 g/mol. The molecule has 0 aliphatic carbocycles. The number of hydrogen-bond donors (Lipinski definition) is 1. The molecule has 1 aromatic rings. The van der Waals surface area contributed by atoms with Crippen molar-refractivity contribution in [1.29, 1.82) is 0 Å². The van der Waals surface area contributed by atoms with Gasteiger partial charge in [0.25, 0.3) is 5.69 Å². The first-order chi connectivity index (χ1) is 9.73. The summed E-state index contributed by atoms with van der Waals surface area (Å²) in [5, 5.41) is 13.6. The van der Waals surface area contributed by atoms with E-state index in [9.17, 15) is 14.9 Å². The van der Waals surface area contributed by atoms with Gasteiger partial charge in [0.2, 0.25) is 0 Å². The number of nitro groups is 1. The van der Waals surface area contributed by atoms with Crippen LogP contribution in [0.15, 0.2) is 18.2 Å². The molecular weight excluding hydrogens is 276 g/mol. The van der Waals surface area contributed by atoms with Gasteiger partial charge in [-0.2, -0.15) is 0 Å². The molecule has 1 rings (SSSR count). The minimum absolute atomic E-state index is 0.0275. The second kappa shape index (κ2) is 6.92. The van der Waals surface area contributed by atoms with Crippen LogP contribution in [0.25, 0.3) is 0 Å². The quantitative estimate of drug-likeness (QED) is 0.666. The Morgan fingerprint density at radius 3 is 2.57 bits per heavy atom. The van der Waals surface area contributed by atoms with E-state index in [0.717, 1.165) is 0 Å². The molecule has 0 fully saturated rings. The number of methoxy groups -OCH3 is 1. The highest BCUT2D eigenvalue weighted by atomic mass is 16.6. The Kier molecular flexibility index (Phi) is 5.52. The molecule has 0 bridgehead atoms. The van der Waals surface area contributed by atoms with Crippen LogP contribution in [0.1, 0.15) is 26.3 Å². The van der Waals surface area contributed by atoms with Gasteiger partial charge in [-0.05, 0) is 39.3 Å². The number of hydrogen-bond acceptors (Lipinski definition) is 5. The lowest BCUT2D eigenvalue weighted by molar-refractivity contribution is -0.385. The van der Waals surface area contributed by atoms with Gasteiger partial charge >= 0.3 is 6.09 Å². The van der Waals surface area contributed by atoms with Crippen LogP contribution in [-0.2, 0) is 11.2 Å². The number of benzene rings is 1. The average molecular weight is 296 g/mol. The van der Waals surface area contributed by atoms with Crippen LogP contribution in [0.2, 0.25) is 0 Å². The molecule has 0 radical (unpaired) electrons. The molecule has 0 saturated heterocycles. The minimum atomic E-state index is -0.573. The SMILES string of the molecule is COc1ccc(CCNC(=O)OC(C)(C)C)c([N+](=O)[O-])c1. The van der Waals surface area contributed by atoms with E-state index in [2.05, 4.69) is 5.32 Å². The summed E-state index contributed by atoms with van der Waals surface area (Å²) in [5.74, 6) is 0.422. The maximum absolute atomic E-state index is 11.5. The van der Waals surface area contributed by atoms with Crippen LogP contribution in [0.4, 0.5) is 10.5 Å². The van der Waals surface area contributed by atoms with Crippen molar-refractivity contribution in [2.75, 3.05) is 13.7 Å². The first kappa shape index (κ1) is 16.7. The Morgan fingerprint density at radius 2 is 2.05 bits per heavy atom. The summed E-state index contributed by atoms with van der Waals surface area (Å²) in [5.41, 5.74) is -0.0758. The Morgan fingerprint density at radius 1 is 1.38 bits per heavy atom. The molecule has 0 spiro atoms. The van der Waals surface area contributed by atoms with Gasteiger partial charge in [0.15, 0.2) is 0 Å². The van der Waals surface area contributed by atoms with E-state index in [4.69, 9.17) is 9.47 Å². The van der Waals surface area contributed by atoms with Gasteiger partial charge in [0.1, 0.15) is 11.4 Å². The second-order valence-electron chi connectivity index (χ2n) is 5.43. The van der Waals surface area contributed by atoms with E-state index in [-0.39, 0.29) is 12.2 Å². The maximum Gasteiger partial charge on any atom is 0.407 e. The van der Waals surface area contributed by atoms with E-state index in [1.165, 1.54) is 13.2 Å². The van der Waals surface area contributed by atoms with E-state index in [0.29, 0.717) is 17.7 Å². The highest BCUT2D eigenvalue weighted by Crippen LogP contribution is 2.24. The summed E-state index contributed by atoms with van der Waals surface area (Å²) in [6.45, 7) is 5.55. The fourth-order valence-electron chi connectivity index (χ4n) is 1.67. The van der Waals surface area contributed by atoms with E-state index in [1.807, 2.05) is 0 Å². The van der Waals surface area contributed by atoms with Crippen molar-refractivity contribution in [2.45, 2.75) is 32.8 Å². The van der Waals surface area contributed by atoms with E-state index >= 15 is 0 Å². The smallest absolute Gasteiger partial charge is 0.407 e. The van der Waals surface area contributed by atoms with Crippen molar-refractivity contribution in [2.24, 2.45) is 0 Å². The number of carbonyl (C=O) groups is 1. The molecule has 21 heavy (non-hydrogen) atoms. The summed E-state index contributed by atoms with van der Waals surface area (Å²) in [4.78, 5) is 22.0. The summed E-state index contributed by atoms with van der Waals surface area (Å²) in [6, 6.07) is 4.63. The molecule has 1 N–H and O–H groups in total. The summed E-state index contributed by atoms with van der Waals surface area (Å²) in [6.07, 6.45) is -0.210. The van der Waals surface area contributed by atoms with Gasteiger partial charge in [-0.15, -0.1) is 0 Å². The number of nitrogens with one attached hydrogen (secondary N) is 1. The Balaban J connectivity index is 2.63. The van der Waals surface area contributed by atoms with Crippen LogP contribution in [0.3, 0.4) is 0 Å².